The van der Waals surface area contributed by atoms with Crippen molar-refractivity contribution in [2.75, 3.05) is 0 Å². The van der Waals surface area contributed by atoms with Crippen molar-refractivity contribution in [2.45, 2.75) is 65.5 Å². The molecule has 0 aliphatic heterocycles. The van der Waals surface area contributed by atoms with E-state index < -0.39 is 53.4 Å². The van der Waals surface area contributed by atoms with E-state index in [0.717, 1.165) is 12.1 Å². The molecule has 0 saturated carbocycles. The quantitative estimate of drug-likeness (QED) is 0.399. The van der Waals surface area contributed by atoms with Gasteiger partial charge < -0.3 is 9.47 Å². The second-order valence-electron chi connectivity index (χ2n) is 8.22. The molecular formula is C19H25F4N3O4. The molecule has 2 amide bonds. The highest BCUT2D eigenvalue weighted by atomic mass is 19.4. The van der Waals surface area contributed by atoms with Crippen LogP contribution in [0.15, 0.2) is 23.2 Å². The Morgan fingerprint density at radius 1 is 0.933 bits per heavy atom. The molecule has 0 bridgehead atoms. The van der Waals surface area contributed by atoms with Crippen LogP contribution in [0.1, 0.15) is 52.7 Å². The number of carbonyl (C=O) groups excluding carboxylic acids is 2. The molecule has 0 heterocycles. The van der Waals surface area contributed by atoms with Gasteiger partial charge in [-0.3, -0.25) is 10.6 Å². The van der Waals surface area contributed by atoms with E-state index in [2.05, 4.69) is 15.6 Å². The molecule has 0 fully saturated rings. The average molecular weight is 435 g/mol. The maximum Gasteiger partial charge on any atom is 0.416 e. The van der Waals surface area contributed by atoms with Crippen LogP contribution in [0.3, 0.4) is 0 Å². The van der Waals surface area contributed by atoms with Gasteiger partial charge in [0.2, 0.25) is 5.96 Å². The fraction of sp³-hybridized carbons (Fsp3) is 0.526. The molecule has 1 aromatic carbocycles. The first-order valence-corrected chi connectivity index (χ1v) is 8.86. The zero-order valence-corrected chi connectivity index (χ0v) is 17.5. The van der Waals surface area contributed by atoms with Crippen LogP contribution in [0.25, 0.3) is 0 Å². The summed E-state index contributed by atoms with van der Waals surface area (Å²) in [5.74, 6) is -1.55. The monoisotopic (exact) mass is 435 g/mol. The summed E-state index contributed by atoms with van der Waals surface area (Å²) in [6.07, 6.45) is -6.80. The first-order chi connectivity index (χ1) is 13.5. The summed E-state index contributed by atoms with van der Waals surface area (Å²) in [6, 6.07) is 2.11. The molecule has 0 spiro atoms. The Morgan fingerprint density at radius 3 is 1.80 bits per heavy atom. The molecule has 0 aliphatic carbocycles. The molecule has 0 saturated heterocycles. The number of halogens is 4. The van der Waals surface area contributed by atoms with Gasteiger partial charge in [-0.15, -0.1) is 0 Å². The highest BCUT2D eigenvalue weighted by Crippen LogP contribution is 2.32. The summed E-state index contributed by atoms with van der Waals surface area (Å²) in [4.78, 5) is 27.8. The summed E-state index contributed by atoms with van der Waals surface area (Å²) in [5, 5.41) is 4.30. The SMILES string of the molecule is CC(C)(C)OC(=O)NC(=NCc1ccc(F)cc1C(F)(F)F)NC(=O)OC(C)(C)C. The minimum Gasteiger partial charge on any atom is -0.444 e. The standard InChI is InChI=1S/C19H25F4N3O4/c1-17(2,3)29-15(27)25-14(26-16(28)30-18(4,5)6)24-10-11-7-8-12(20)9-13(11)19(21,22)23/h7-9H,10H2,1-6H3,(H2,24,25,26,27,28). The number of alkyl halides is 3. The van der Waals surface area contributed by atoms with E-state index in [9.17, 15) is 27.2 Å². The Kier molecular flexibility index (Phi) is 7.82. The number of benzene rings is 1. The van der Waals surface area contributed by atoms with Gasteiger partial charge in [-0.1, -0.05) is 6.07 Å². The predicted molar refractivity (Wildman–Crippen MR) is 101 cm³/mol. The fourth-order valence-corrected chi connectivity index (χ4v) is 2.03. The number of carbonyl (C=O) groups is 2. The number of hydrogen-bond acceptors (Lipinski definition) is 5. The second-order valence-corrected chi connectivity index (χ2v) is 8.22. The van der Waals surface area contributed by atoms with Crippen LogP contribution in [0.4, 0.5) is 27.2 Å². The molecule has 30 heavy (non-hydrogen) atoms. The summed E-state index contributed by atoms with van der Waals surface area (Å²) < 4.78 is 62.8. The summed E-state index contributed by atoms with van der Waals surface area (Å²) in [6.45, 7) is 8.96. The molecule has 0 aliphatic rings. The topological polar surface area (TPSA) is 89.0 Å². The molecule has 0 unspecified atom stereocenters. The first-order valence-electron chi connectivity index (χ1n) is 8.86. The first kappa shape index (κ1) is 25.2. The van der Waals surface area contributed by atoms with Gasteiger partial charge in [0, 0.05) is 0 Å². The highest BCUT2D eigenvalue weighted by molar-refractivity contribution is 6.01. The number of ether oxygens (including phenoxy) is 2. The van der Waals surface area contributed by atoms with E-state index >= 15 is 0 Å². The van der Waals surface area contributed by atoms with E-state index in [-0.39, 0.29) is 5.56 Å². The van der Waals surface area contributed by atoms with Gasteiger partial charge in [0.1, 0.15) is 17.0 Å². The normalized spacial score (nSPS) is 12.1. The molecule has 11 heteroatoms. The Labute approximate surface area is 171 Å². The number of nitrogens with one attached hydrogen (secondary N) is 2. The number of alkyl carbamates (subject to hydrolysis) is 2. The zero-order chi connectivity index (χ0) is 23.3. The zero-order valence-electron chi connectivity index (χ0n) is 17.5. The molecular weight excluding hydrogens is 410 g/mol. The number of nitrogens with zero attached hydrogens (tertiary/aromatic N) is 1. The van der Waals surface area contributed by atoms with Crippen molar-refractivity contribution < 1.29 is 36.6 Å². The lowest BCUT2D eigenvalue weighted by Crippen LogP contribution is -2.47. The van der Waals surface area contributed by atoms with E-state index in [4.69, 9.17) is 9.47 Å². The Bertz CT molecular complexity index is 777. The lowest BCUT2D eigenvalue weighted by Gasteiger charge is -2.22. The number of aliphatic imine (C=N–C) groups is 1. The third-order valence-electron chi connectivity index (χ3n) is 3.02. The van der Waals surface area contributed by atoms with Crippen molar-refractivity contribution in [3.63, 3.8) is 0 Å². The predicted octanol–water partition coefficient (Wildman–Crippen LogP) is 4.75. The second kappa shape index (κ2) is 9.31. The Hall–Kier alpha value is -2.85. The van der Waals surface area contributed by atoms with Gasteiger partial charge >= 0.3 is 18.4 Å². The van der Waals surface area contributed by atoms with Crippen molar-refractivity contribution in [2.24, 2.45) is 4.99 Å². The molecule has 2 N–H and O–H groups in total. The minimum atomic E-state index is -4.82. The maximum atomic E-state index is 13.3. The van der Waals surface area contributed by atoms with Gasteiger partial charge in [0.25, 0.3) is 0 Å². The van der Waals surface area contributed by atoms with Crippen LogP contribution in [-0.2, 0) is 22.2 Å². The molecule has 7 nitrogen and oxygen atoms in total. The van der Waals surface area contributed by atoms with Gasteiger partial charge in [-0.05, 0) is 59.2 Å². The number of guanidine groups is 1. The van der Waals surface area contributed by atoms with Crippen LogP contribution in [0.5, 0.6) is 0 Å². The third-order valence-corrected chi connectivity index (χ3v) is 3.02. The van der Waals surface area contributed by atoms with Crippen LogP contribution < -0.4 is 10.6 Å². The van der Waals surface area contributed by atoms with E-state index in [1.807, 2.05) is 0 Å². The molecule has 1 aromatic rings. The van der Waals surface area contributed by atoms with Crippen LogP contribution in [0.2, 0.25) is 0 Å². The van der Waals surface area contributed by atoms with Gasteiger partial charge in [0.05, 0.1) is 12.1 Å². The van der Waals surface area contributed by atoms with Crippen molar-refractivity contribution in [3.05, 3.63) is 35.1 Å². The largest absolute Gasteiger partial charge is 0.444 e. The molecule has 0 aromatic heterocycles. The van der Waals surface area contributed by atoms with Crippen LogP contribution in [-0.4, -0.2) is 29.3 Å². The molecule has 168 valence electrons. The number of amides is 2. The van der Waals surface area contributed by atoms with Crippen molar-refractivity contribution in [1.82, 2.24) is 10.6 Å². The van der Waals surface area contributed by atoms with E-state index in [1.54, 1.807) is 41.5 Å². The van der Waals surface area contributed by atoms with E-state index in [1.165, 1.54) is 0 Å². The van der Waals surface area contributed by atoms with Crippen molar-refractivity contribution in [1.29, 1.82) is 0 Å². The minimum absolute atomic E-state index is 0.340. The fourth-order valence-electron chi connectivity index (χ4n) is 2.03. The van der Waals surface area contributed by atoms with Crippen LogP contribution in [0, 0.1) is 5.82 Å². The van der Waals surface area contributed by atoms with Gasteiger partial charge in [0.15, 0.2) is 0 Å². The smallest absolute Gasteiger partial charge is 0.416 e. The Morgan fingerprint density at radius 2 is 1.40 bits per heavy atom. The third kappa shape index (κ3) is 9.57. The van der Waals surface area contributed by atoms with Crippen molar-refractivity contribution >= 4 is 18.1 Å². The number of rotatable bonds is 2. The molecule has 0 radical (unpaired) electrons. The molecule has 0 atom stereocenters. The maximum absolute atomic E-state index is 13.3. The van der Waals surface area contributed by atoms with Gasteiger partial charge in [-0.2, -0.15) is 13.2 Å². The lowest BCUT2D eigenvalue weighted by molar-refractivity contribution is -0.138. The lowest BCUT2D eigenvalue weighted by atomic mass is 10.1. The summed E-state index contributed by atoms with van der Waals surface area (Å²) in [5.41, 5.74) is -3.33. The highest BCUT2D eigenvalue weighted by Gasteiger charge is 2.33. The average Bonchev–Trinajstić information content (AvgIpc) is 2.48. The summed E-state index contributed by atoms with van der Waals surface area (Å²) in [7, 11) is 0. The Balaban J connectivity index is 3.14. The molecule has 1 rings (SSSR count). The van der Waals surface area contributed by atoms with Crippen LogP contribution >= 0.6 is 0 Å². The van der Waals surface area contributed by atoms with E-state index in [0.29, 0.717) is 6.07 Å². The summed E-state index contributed by atoms with van der Waals surface area (Å²) >= 11 is 0. The van der Waals surface area contributed by atoms with Gasteiger partial charge in [-0.25, -0.2) is 19.0 Å². The number of hydrogen-bond donors (Lipinski definition) is 2. The van der Waals surface area contributed by atoms with Crippen molar-refractivity contribution in [3.8, 4) is 0 Å².